The average molecular weight is 575 g/mol. The van der Waals surface area contributed by atoms with E-state index in [1.165, 1.54) is 0 Å². The van der Waals surface area contributed by atoms with Gasteiger partial charge < -0.3 is 20.3 Å². The molecule has 2 aromatic carbocycles. The van der Waals surface area contributed by atoms with Crippen LogP contribution in [0.2, 0.25) is 0 Å². The Bertz CT molecular complexity index is 1340. The number of nitrogens with one attached hydrogen (secondary N) is 2. The number of ether oxygens (including phenoxy) is 1. The van der Waals surface area contributed by atoms with Gasteiger partial charge in [0.25, 0.3) is 0 Å². The van der Waals surface area contributed by atoms with E-state index in [2.05, 4.69) is 10.6 Å². The van der Waals surface area contributed by atoms with Crippen molar-refractivity contribution < 1.29 is 19.1 Å². The summed E-state index contributed by atoms with van der Waals surface area (Å²) in [6.07, 6.45) is 1.45. The molecule has 0 fully saturated rings. The van der Waals surface area contributed by atoms with Crippen LogP contribution in [0.1, 0.15) is 64.4 Å². The highest BCUT2D eigenvalue weighted by Crippen LogP contribution is 2.20. The second-order valence-electron chi connectivity index (χ2n) is 11.1. The highest BCUT2D eigenvalue weighted by molar-refractivity contribution is 5.87. The van der Waals surface area contributed by atoms with E-state index in [1.807, 2.05) is 82.3 Å². The number of carbonyl (C=O) groups excluding carboxylic acids is 3. The van der Waals surface area contributed by atoms with Crippen molar-refractivity contribution in [3.05, 3.63) is 66.0 Å². The third-order valence-corrected chi connectivity index (χ3v) is 7.19. The molecule has 224 valence electrons. The van der Waals surface area contributed by atoms with Crippen LogP contribution in [0.5, 0.6) is 5.75 Å². The van der Waals surface area contributed by atoms with Crippen molar-refractivity contribution in [3.8, 4) is 17.1 Å². The Morgan fingerprint density at radius 2 is 1.76 bits per heavy atom. The number of hydrogen-bond donors (Lipinski definition) is 2. The predicted molar refractivity (Wildman–Crippen MR) is 161 cm³/mol. The molecule has 0 unspecified atom stereocenters. The zero-order valence-corrected chi connectivity index (χ0v) is 25.0. The fourth-order valence-corrected chi connectivity index (χ4v) is 5.06. The molecule has 2 atom stereocenters. The van der Waals surface area contributed by atoms with Crippen molar-refractivity contribution in [3.63, 3.8) is 0 Å². The molecule has 2 heterocycles. The summed E-state index contributed by atoms with van der Waals surface area (Å²) < 4.78 is 7.31. The molecule has 1 aromatic heterocycles. The van der Waals surface area contributed by atoms with Crippen LogP contribution in [0.4, 0.5) is 0 Å². The topological polar surface area (TPSA) is 118 Å². The zero-order chi connectivity index (χ0) is 30.1. The van der Waals surface area contributed by atoms with Gasteiger partial charge in [0.1, 0.15) is 17.6 Å². The third-order valence-electron chi connectivity index (χ3n) is 7.19. The molecule has 1 aliphatic heterocycles. The highest BCUT2D eigenvalue weighted by atomic mass is 16.5. The second-order valence-corrected chi connectivity index (χ2v) is 11.1. The molecular formula is C32H42N6O4. The Labute approximate surface area is 247 Å². The van der Waals surface area contributed by atoms with E-state index >= 15 is 0 Å². The highest BCUT2D eigenvalue weighted by Gasteiger charge is 2.27. The first-order valence-electron chi connectivity index (χ1n) is 14.8. The Balaban J connectivity index is 1.61. The van der Waals surface area contributed by atoms with Crippen LogP contribution < -0.4 is 15.4 Å². The maximum absolute atomic E-state index is 13.5. The quantitative estimate of drug-likeness (QED) is 0.442. The van der Waals surface area contributed by atoms with Crippen LogP contribution in [-0.4, -0.2) is 63.1 Å². The molecule has 4 rings (SSSR count). The first kappa shape index (κ1) is 30.7. The van der Waals surface area contributed by atoms with Gasteiger partial charge in [0.2, 0.25) is 17.7 Å². The summed E-state index contributed by atoms with van der Waals surface area (Å²) in [6.45, 7) is 9.61. The van der Waals surface area contributed by atoms with Crippen molar-refractivity contribution in [2.75, 3.05) is 19.7 Å². The lowest BCUT2D eigenvalue weighted by molar-refractivity contribution is -0.131. The molecule has 3 amide bonds. The molecule has 10 nitrogen and oxygen atoms in total. The number of aromatic nitrogens is 3. The second kappa shape index (κ2) is 14.6. The van der Waals surface area contributed by atoms with Crippen LogP contribution in [0.25, 0.3) is 11.4 Å². The van der Waals surface area contributed by atoms with Gasteiger partial charge in [-0.1, -0.05) is 56.3 Å². The summed E-state index contributed by atoms with van der Waals surface area (Å²) in [5.41, 5.74) is 1.75. The van der Waals surface area contributed by atoms with Crippen LogP contribution in [0.3, 0.4) is 0 Å². The van der Waals surface area contributed by atoms with Crippen molar-refractivity contribution in [1.29, 1.82) is 0 Å². The molecule has 3 aromatic rings. The number of hydrogen-bond acceptors (Lipinski definition) is 6. The molecule has 0 saturated heterocycles. The van der Waals surface area contributed by atoms with Crippen molar-refractivity contribution in [2.45, 2.75) is 72.0 Å². The summed E-state index contributed by atoms with van der Waals surface area (Å²) in [4.78, 5) is 46.2. The number of carbonyl (C=O) groups is 3. The first-order valence-corrected chi connectivity index (χ1v) is 14.8. The van der Waals surface area contributed by atoms with Crippen molar-refractivity contribution >= 4 is 17.7 Å². The lowest BCUT2D eigenvalue weighted by Crippen LogP contribution is -2.48. The van der Waals surface area contributed by atoms with Gasteiger partial charge in [-0.05, 0) is 50.3 Å². The van der Waals surface area contributed by atoms with Gasteiger partial charge in [0, 0.05) is 25.1 Å². The number of amides is 3. The Kier molecular flexibility index (Phi) is 10.7. The molecule has 0 saturated carbocycles. The van der Waals surface area contributed by atoms with E-state index in [9.17, 15) is 14.4 Å². The van der Waals surface area contributed by atoms with E-state index in [-0.39, 0.29) is 36.5 Å². The van der Waals surface area contributed by atoms with Crippen LogP contribution >= 0.6 is 0 Å². The Morgan fingerprint density at radius 1 is 1.02 bits per heavy atom. The van der Waals surface area contributed by atoms with Crippen LogP contribution in [0, 0.1) is 5.92 Å². The first-order chi connectivity index (χ1) is 20.2. The SMILES string of the molecule is CCOc1ccc(CC(=O)N2CCCC(=O)N[C@H](CC(C)C)C(=O)N[C@H](C)c3nc(-c4ccccc4)nn3CC2)cc1. The molecule has 0 spiro atoms. The normalized spacial score (nSPS) is 18.5. The summed E-state index contributed by atoms with van der Waals surface area (Å²) in [5, 5.41) is 10.7. The minimum Gasteiger partial charge on any atom is -0.494 e. The smallest absolute Gasteiger partial charge is 0.243 e. The lowest BCUT2D eigenvalue weighted by Gasteiger charge is -2.26. The summed E-state index contributed by atoms with van der Waals surface area (Å²) in [5.74, 6) is 1.64. The van der Waals surface area contributed by atoms with E-state index in [4.69, 9.17) is 14.8 Å². The zero-order valence-electron chi connectivity index (χ0n) is 25.0. The summed E-state index contributed by atoms with van der Waals surface area (Å²) >= 11 is 0. The lowest BCUT2D eigenvalue weighted by atomic mass is 10.0. The minimum absolute atomic E-state index is 0.0318. The average Bonchev–Trinajstić information content (AvgIpc) is 3.40. The minimum atomic E-state index is -0.662. The van der Waals surface area contributed by atoms with E-state index in [1.54, 1.807) is 9.58 Å². The predicted octanol–water partition coefficient (Wildman–Crippen LogP) is 3.92. The molecule has 0 bridgehead atoms. The molecule has 0 radical (unpaired) electrons. The number of benzene rings is 2. The molecule has 42 heavy (non-hydrogen) atoms. The van der Waals surface area contributed by atoms with Gasteiger partial charge in [0.15, 0.2) is 5.82 Å². The molecule has 2 N–H and O–H groups in total. The van der Waals surface area contributed by atoms with E-state index < -0.39 is 12.1 Å². The van der Waals surface area contributed by atoms with Gasteiger partial charge in [-0.2, -0.15) is 5.10 Å². The number of rotatable bonds is 7. The summed E-state index contributed by atoms with van der Waals surface area (Å²) in [7, 11) is 0. The van der Waals surface area contributed by atoms with Gasteiger partial charge in [-0.25, -0.2) is 9.67 Å². The Hall–Kier alpha value is -4.21. The maximum atomic E-state index is 13.5. The monoisotopic (exact) mass is 574 g/mol. The van der Waals surface area contributed by atoms with Crippen LogP contribution in [0.15, 0.2) is 54.6 Å². The van der Waals surface area contributed by atoms with Gasteiger partial charge >= 0.3 is 0 Å². The summed E-state index contributed by atoms with van der Waals surface area (Å²) in [6, 6.07) is 16.1. The van der Waals surface area contributed by atoms with Crippen molar-refractivity contribution in [2.24, 2.45) is 5.92 Å². The standard InChI is InChI=1S/C32H42N6O4/c1-5-42-26-15-13-24(14-16-26)21-29(40)37-17-9-12-28(39)34-27(20-22(2)3)32(41)33-23(4)31-35-30(36-38(31)19-18-37)25-10-7-6-8-11-25/h6-8,10-11,13-16,22-23,27H,5,9,12,17-21H2,1-4H3,(H,33,41)(H,34,39)/t23-,27-/m1/s1. The molecule has 10 heteroatoms. The maximum Gasteiger partial charge on any atom is 0.243 e. The molecule has 0 aliphatic carbocycles. The molecular weight excluding hydrogens is 532 g/mol. The largest absolute Gasteiger partial charge is 0.494 e. The molecule has 1 aliphatic rings. The van der Waals surface area contributed by atoms with Gasteiger partial charge in [-0.3, -0.25) is 14.4 Å². The third kappa shape index (κ3) is 8.41. The van der Waals surface area contributed by atoms with Gasteiger partial charge in [0.05, 0.1) is 25.6 Å². The van der Waals surface area contributed by atoms with E-state index in [0.717, 1.165) is 16.9 Å². The van der Waals surface area contributed by atoms with Crippen molar-refractivity contribution in [1.82, 2.24) is 30.3 Å². The van der Waals surface area contributed by atoms with Crippen LogP contribution in [-0.2, 0) is 27.3 Å². The Morgan fingerprint density at radius 3 is 2.45 bits per heavy atom. The fourth-order valence-electron chi connectivity index (χ4n) is 5.06. The van der Waals surface area contributed by atoms with E-state index in [0.29, 0.717) is 50.7 Å². The number of fused-ring (bicyclic) bond motifs is 1. The van der Waals surface area contributed by atoms with Gasteiger partial charge in [-0.15, -0.1) is 0 Å². The number of nitrogens with zero attached hydrogens (tertiary/aromatic N) is 4. The fraction of sp³-hybridized carbons (Fsp3) is 0.469.